The number of amides is 1. The van der Waals surface area contributed by atoms with Crippen LogP contribution in [0.4, 0.5) is 23.2 Å². The van der Waals surface area contributed by atoms with E-state index in [4.69, 9.17) is 4.74 Å². The topological polar surface area (TPSA) is 38.3 Å². The molecule has 0 radical (unpaired) electrons. The lowest BCUT2D eigenvalue weighted by molar-refractivity contribution is -0.137. The third-order valence-corrected chi connectivity index (χ3v) is 3.23. The predicted molar refractivity (Wildman–Crippen MR) is 69.8 cm³/mol. The Morgan fingerprint density at radius 3 is 2.36 bits per heavy atom. The molecule has 0 aromatic heterocycles. The minimum absolute atomic E-state index is 0.129. The molecule has 0 fully saturated rings. The molecule has 1 N–H and O–H groups in total. The molecule has 22 heavy (non-hydrogen) atoms. The summed E-state index contributed by atoms with van der Waals surface area (Å²) in [7, 11) is 0. The van der Waals surface area contributed by atoms with Crippen LogP contribution < -0.4 is 10.1 Å². The van der Waals surface area contributed by atoms with Gasteiger partial charge in [0.2, 0.25) is 6.10 Å². The molecule has 2 aromatic carbocycles. The summed E-state index contributed by atoms with van der Waals surface area (Å²) >= 11 is 0. The fourth-order valence-corrected chi connectivity index (χ4v) is 2.14. The number of nitrogens with one attached hydrogen (secondary N) is 1. The number of fused-ring (bicyclic) bond motifs is 1. The molecule has 114 valence electrons. The number of hydrogen-bond donors (Lipinski definition) is 1. The Labute approximate surface area is 122 Å². The maximum absolute atomic E-state index is 13.2. The van der Waals surface area contributed by atoms with E-state index in [1.807, 2.05) is 0 Å². The van der Waals surface area contributed by atoms with E-state index in [-0.39, 0.29) is 11.3 Å². The lowest BCUT2D eigenvalue weighted by atomic mass is 10.0. The average molecular weight is 311 g/mol. The fraction of sp³-hybridized carbons (Fsp3) is 0.133. The number of benzene rings is 2. The van der Waals surface area contributed by atoms with E-state index in [2.05, 4.69) is 5.32 Å². The van der Waals surface area contributed by atoms with Crippen LogP contribution in [0.5, 0.6) is 5.75 Å². The second kappa shape index (κ2) is 5.01. The minimum Gasteiger partial charge on any atom is -0.474 e. The van der Waals surface area contributed by atoms with E-state index in [1.54, 1.807) is 0 Å². The van der Waals surface area contributed by atoms with Gasteiger partial charge in [-0.2, -0.15) is 13.2 Å². The standard InChI is InChI=1S/C15H9F4NO2/c16-10-5-6-11-12(7-10)22-13(14(21)20-11)8-1-3-9(4-2-8)15(17,18)19/h1-7,13H,(H,20,21). The number of anilines is 1. The van der Waals surface area contributed by atoms with Crippen molar-refractivity contribution in [3.8, 4) is 5.75 Å². The highest BCUT2D eigenvalue weighted by molar-refractivity contribution is 5.98. The lowest BCUT2D eigenvalue weighted by Crippen LogP contribution is -2.30. The van der Waals surface area contributed by atoms with Crippen molar-refractivity contribution in [3.63, 3.8) is 0 Å². The van der Waals surface area contributed by atoms with Gasteiger partial charge in [0.05, 0.1) is 11.3 Å². The summed E-state index contributed by atoms with van der Waals surface area (Å²) in [6, 6.07) is 7.69. The van der Waals surface area contributed by atoms with Crippen molar-refractivity contribution in [2.24, 2.45) is 0 Å². The molecule has 7 heteroatoms. The summed E-state index contributed by atoms with van der Waals surface area (Å²) in [6.45, 7) is 0. The molecular formula is C15H9F4NO2. The largest absolute Gasteiger partial charge is 0.474 e. The molecule has 0 spiro atoms. The monoisotopic (exact) mass is 311 g/mol. The van der Waals surface area contributed by atoms with Crippen molar-refractivity contribution in [3.05, 3.63) is 59.4 Å². The molecule has 1 amide bonds. The van der Waals surface area contributed by atoms with Crippen LogP contribution in [0.1, 0.15) is 17.2 Å². The molecule has 3 rings (SSSR count). The smallest absolute Gasteiger partial charge is 0.416 e. The molecular weight excluding hydrogens is 302 g/mol. The van der Waals surface area contributed by atoms with Gasteiger partial charge in [-0.1, -0.05) is 12.1 Å². The molecule has 1 unspecified atom stereocenters. The van der Waals surface area contributed by atoms with Gasteiger partial charge in [-0.15, -0.1) is 0 Å². The third kappa shape index (κ3) is 2.61. The molecule has 0 aliphatic carbocycles. The van der Waals surface area contributed by atoms with E-state index in [9.17, 15) is 22.4 Å². The van der Waals surface area contributed by atoms with E-state index in [0.717, 1.165) is 30.3 Å². The Kier molecular flexibility index (Phi) is 3.27. The number of rotatable bonds is 1. The summed E-state index contributed by atoms with van der Waals surface area (Å²) in [5.41, 5.74) is -0.256. The lowest BCUT2D eigenvalue weighted by Gasteiger charge is -2.26. The SMILES string of the molecule is O=C1Nc2ccc(F)cc2OC1c1ccc(C(F)(F)F)cc1. The molecule has 1 aliphatic rings. The van der Waals surface area contributed by atoms with Crippen LogP contribution in [-0.4, -0.2) is 5.91 Å². The van der Waals surface area contributed by atoms with Crippen molar-refractivity contribution in [2.45, 2.75) is 12.3 Å². The Bertz CT molecular complexity index is 725. The normalized spacial score (nSPS) is 17.5. The third-order valence-electron chi connectivity index (χ3n) is 3.23. The number of carbonyl (C=O) groups is 1. The van der Waals surface area contributed by atoms with Gasteiger partial charge in [0.15, 0.2) is 0 Å². The van der Waals surface area contributed by atoms with Crippen molar-refractivity contribution >= 4 is 11.6 Å². The van der Waals surface area contributed by atoms with E-state index >= 15 is 0 Å². The first-order valence-corrected chi connectivity index (χ1v) is 6.29. The average Bonchev–Trinajstić information content (AvgIpc) is 2.46. The molecule has 0 saturated carbocycles. The highest BCUT2D eigenvalue weighted by atomic mass is 19.4. The zero-order chi connectivity index (χ0) is 15.9. The van der Waals surface area contributed by atoms with E-state index in [0.29, 0.717) is 5.69 Å². The number of alkyl halides is 3. The van der Waals surface area contributed by atoms with Crippen LogP contribution in [0.25, 0.3) is 0 Å². The van der Waals surface area contributed by atoms with Crippen LogP contribution in [0.15, 0.2) is 42.5 Å². The maximum atomic E-state index is 13.2. The van der Waals surface area contributed by atoms with Crippen molar-refractivity contribution < 1.29 is 27.1 Å². The molecule has 0 saturated heterocycles. The predicted octanol–water partition coefficient (Wildman–Crippen LogP) is 3.92. The molecule has 0 bridgehead atoms. The van der Waals surface area contributed by atoms with Gasteiger partial charge in [-0.3, -0.25) is 4.79 Å². The minimum atomic E-state index is -4.45. The second-order valence-corrected chi connectivity index (χ2v) is 4.75. The summed E-state index contributed by atoms with van der Waals surface area (Å²) in [5, 5.41) is 2.53. The quantitative estimate of drug-likeness (QED) is 0.811. The van der Waals surface area contributed by atoms with Crippen LogP contribution in [0.2, 0.25) is 0 Å². The van der Waals surface area contributed by atoms with Crippen LogP contribution >= 0.6 is 0 Å². The molecule has 1 atom stereocenters. The van der Waals surface area contributed by atoms with Gasteiger partial charge in [0, 0.05) is 11.6 Å². The molecule has 3 nitrogen and oxygen atoms in total. The van der Waals surface area contributed by atoms with Gasteiger partial charge in [0.25, 0.3) is 5.91 Å². The van der Waals surface area contributed by atoms with Crippen LogP contribution in [0.3, 0.4) is 0 Å². The van der Waals surface area contributed by atoms with Crippen molar-refractivity contribution in [1.82, 2.24) is 0 Å². The van der Waals surface area contributed by atoms with Crippen molar-refractivity contribution in [2.75, 3.05) is 5.32 Å². The number of carbonyl (C=O) groups excluding carboxylic acids is 1. The van der Waals surface area contributed by atoms with E-state index in [1.165, 1.54) is 12.1 Å². The number of hydrogen-bond acceptors (Lipinski definition) is 2. The van der Waals surface area contributed by atoms with E-state index < -0.39 is 29.6 Å². The Balaban J connectivity index is 1.91. The van der Waals surface area contributed by atoms with Gasteiger partial charge < -0.3 is 10.1 Å². The van der Waals surface area contributed by atoms with Crippen LogP contribution in [0, 0.1) is 5.82 Å². The fourth-order valence-electron chi connectivity index (χ4n) is 2.14. The summed E-state index contributed by atoms with van der Waals surface area (Å²) < 4.78 is 56.2. The molecule has 1 aliphatic heterocycles. The Hall–Kier alpha value is -2.57. The molecule has 2 aromatic rings. The first kappa shape index (κ1) is 14.4. The first-order chi connectivity index (χ1) is 10.3. The van der Waals surface area contributed by atoms with Gasteiger partial charge in [-0.25, -0.2) is 4.39 Å². The zero-order valence-corrected chi connectivity index (χ0v) is 10.9. The highest BCUT2D eigenvalue weighted by Gasteiger charge is 2.32. The number of ether oxygens (including phenoxy) is 1. The van der Waals surface area contributed by atoms with Gasteiger partial charge in [0.1, 0.15) is 11.6 Å². The zero-order valence-electron chi connectivity index (χ0n) is 10.9. The Morgan fingerprint density at radius 1 is 1.05 bits per heavy atom. The Morgan fingerprint density at radius 2 is 1.73 bits per heavy atom. The van der Waals surface area contributed by atoms with Crippen molar-refractivity contribution in [1.29, 1.82) is 0 Å². The summed E-state index contributed by atoms with van der Waals surface area (Å²) in [5.74, 6) is -0.940. The second-order valence-electron chi connectivity index (χ2n) is 4.75. The highest BCUT2D eigenvalue weighted by Crippen LogP contribution is 2.36. The van der Waals surface area contributed by atoms with Crippen LogP contribution in [-0.2, 0) is 11.0 Å². The number of halogens is 4. The summed E-state index contributed by atoms with van der Waals surface area (Å²) in [4.78, 5) is 12.0. The van der Waals surface area contributed by atoms with Gasteiger partial charge >= 0.3 is 6.18 Å². The van der Waals surface area contributed by atoms with Gasteiger partial charge in [-0.05, 0) is 24.3 Å². The maximum Gasteiger partial charge on any atom is 0.416 e. The summed E-state index contributed by atoms with van der Waals surface area (Å²) in [6.07, 6.45) is -5.58. The first-order valence-electron chi connectivity index (χ1n) is 6.29. The molecule has 1 heterocycles.